The van der Waals surface area contributed by atoms with Gasteiger partial charge in [0.2, 0.25) is 5.91 Å². The molecule has 2 unspecified atom stereocenters. The lowest BCUT2D eigenvalue weighted by Gasteiger charge is -2.22. The fourth-order valence-corrected chi connectivity index (χ4v) is 3.33. The Kier molecular flexibility index (Phi) is 5.85. The lowest BCUT2D eigenvalue weighted by molar-refractivity contribution is -0.117. The van der Waals surface area contributed by atoms with E-state index in [1.807, 2.05) is 18.2 Å². The van der Waals surface area contributed by atoms with Crippen LogP contribution in [0.1, 0.15) is 23.7 Å². The van der Waals surface area contributed by atoms with Gasteiger partial charge in [0.25, 0.3) is 5.91 Å². The van der Waals surface area contributed by atoms with E-state index in [1.54, 1.807) is 24.9 Å². The summed E-state index contributed by atoms with van der Waals surface area (Å²) in [6.45, 7) is 3.92. The first-order valence-electron chi connectivity index (χ1n) is 7.37. The smallest absolute Gasteiger partial charge is 0.254 e. The van der Waals surface area contributed by atoms with Crippen LogP contribution in [0.5, 0.6) is 0 Å². The van der Waals surface area contributed by atoms with E-state index in [0.29, 0.717) is 24.6 Å². The van der Waals surface area contributed by atoms with E-state index in [4.69, 9.17) is 10.5 Å². The Morgan fingerprint density at radius 3 is 2.82 bits per heavy atom. The van der Waals surface area contributed by atoms with Gasteiger partial charge in [0.15, 0.2) is 0 Å². The van der Waals surface area contributed by atoms with Gasteiger partial charge in [-0.15, -0.1) is 11.8 Å². The molecular formula is C16H22N2O3S. The minimum Gasteiger partial charge on any atom is -0.381 e. The van der Waals surface area contributed by atoms with Crippen molar-refractivity contribution in [3.63, 3.8) is 0 Å². The molecule has 1 saturated heterocycles. The number of nitrogens with two attached hydrogens (primary N) is 1. The second kappa shape index (κ2) is 7.65. The van der Waals surface area contributed by atoms with Crippen LogP contribution in [-0.4, -0.2) is 48.8 Å². The minimum atomic E-state index is -0.385. The number of nitrogens with zero attached hydrogens (tertiary/aromatic N) is 1. The molecule has 2 atom stereocenters. The first-order valence-corrected chi connectivity index (χ1v) is 8.25. The molecule has 6 heteroatoms. The van der Waals surface area contributed by atoms with Gasteiger partial charge >= 0.3 is 0 Å². The van der Waals surface area contributed by atoms with Gasteiger partial charge in [-0.2, -0.15) is 0 Å². The van der Waals surface area contributed by atoms with Crippen molar-refractivity contribution in [3.05, 3.63) is 29.8 Å². The predicted molar refractivity (Wildman–Crippen MR) is 86.8 cm³/mol. The summed E-state index contributed by atoms with van der Waals surface area (Å²) in [4.78, 5) is 26.4. The normalized spacial score (nSPS) is 18.9. The molecular weight excluding hydrogens is 300 g/mol. The summed E-state index contributed by atoms with van der Waals surface area (Å²) in [5.74, 6) is -0.0197. The van der Waals surface area contributed by atoms with Crippen molar-refractivity contribution in [2.24, 2.45) is 11.7 Å². The highest BCUT2D eigenvalue weighted by Gasteiger charge is 2.23. The zero-order valence-electron chi connectivity index (χ0n) is 13.0. The first-order chi connectivity index (χ1) is 10.5. The van der Waals surface area contributed by atoms with Crippen LogP contribution in [0.25, 0.3) is 0 Å². The standard InChI is InChI=1S/C16H22N2O3S/c1-11(15(17)19)22-14-6-4-3-5-13(14)16(20)18(2)9-12-7-8-21-10-12/h3-6,11-12H,7-10H2,1-2H3,(H2,17,19). The molecule has 2 amide bonds. The Morgan fingerprint density at radius 1 is 1.45 bits per heavy atom. The van der Waals surface area contributed by atoms with Gasteiger partial charge in [-0.1, -0.05) is 12.1 Å². The number of thioether (sulfide) groups is 1. The van der Waals surface area contributed by atoms with Crippen LogP contribution in [-0.2, 0) is 9.53 Å². The van der Waals surface area contributed by atoms with E-state index in [9.17, 15) is 9.59 Å². The largest absolute Gasteiger partial charge is 0.381 e. The molecule has 0 bridgehead atoms. The number of ether oxygens (including phenoxy) is 1. The number of rotatable bonds is 6. The zero-order chi connectivity index (χ0) is 16.1. The zero-order valence-corrected chi connectivity index (χ0v) is 13.8. The number of primary amides is 1. The fourth-order valence-electron chi connectivity index (χ4n) is 2.40. The van der Waals surface area contributed by atoms with Gasteiger partial charge in [0.1, 0.15) is 0 Å². The molecule has 0 radical (unpaired) electrons. The summed E-state index contributed by atoms with van der Waals surface area (Å²) in [7, 11) is 1.81. The molecule has 5 nitrogen and oxygen atoms in total. The van der Waals surface area contributed by atoms with Crippen LogP contribution in [0.4, 0.5) is 0 Å². The number of carbonyl (C=O) groups is 2. The number of hydrogen-bond donors (Lipinski definition) is 1. The van der Waals surface area contributed by atoms with Crippen LogP contribution in [0.2, 0.25) is 0 Å². The van der Waals surface area contributed by atoms with Crippen molar-refractivity contribution in [1.29, 1.82) is 0 Å². The summed E-state index contributed by atoms with van der Waals surface area (Å²) in [5.41, 5.74) is 5.92. The Bertz CT molecular complexity index is 544. The van der Waals surface area contributed by atoms with E-state index >= 15 is 0 Å². The molecule has 1 aliphatic heterocycles. The van der Waals surface area contributed by atoms with Gasteiger partial charge in [-0.05, 0) is 25.5 Å². The monoisotopic (exact) mass is 322 g/mol. The van der Waals surface area contributed by atoms with E-state index in [1.165, 1.54) is 11.8 Å². The van der Waals surface area contributed by atoms with Gasteiger partial charge in [-0.3, -0.25) is 9.59 Å². The van der Waals surface area contributed by atoms with Crippen LogP contribution >= 0.6 is 11.8 Å². The Labute approximate surface area is 135 Å². The Balaban J connectivity index is 2.09. The summed E-state index contributed by atoms with van der Waals surface area (Å²) in [6.07, 6.45) is 0.993. The molecule has 2 rings (SSSR count). The van der Waals surface area contributed by atoms with Crippen LogP contribution in [0.3, 0.4) is 0 Å². The number of amides is 2. The Hall–Kier alpha value is -1.53. The third-order valence-electron chi connectivity index (χ3n) is 3.72. The second-order valence-electron chi connectivity index (χ2n) is 5.57. The molecule has 1 heterocycles. The van der Waals surface area contributed by atoms with E-state index in [0.717, 1.165) is 17.9 Å². The fraction of sp³-hybridized carbons (Fsp3) is 0.500. The van der Waals surface area contributed by atoms with Crippen molar-refractivity contribution in [2.45, 2.75) is 23.5 Å². The molecule has 0 saturated carbocycles. The van der Waals surface area contributed by atoms with Gasteiger partial charge in [0.05, 0.1) is 17.4 Å². The summed E-state index contributed by atoms with van der Waals surface area (Å²) >= 11 is 1.32. The Morgan fingerprint density at radius 2 is 2.18 bits per heavy atom. The average Bonchev–Trinajstić information content (AvgIpc) is 2.99. The quantitative estimate of drug-likeness (QED) is 0.810. The predicted octanol–water partition coefficient (Wildman–Crippen LogP) is 1.76. The van der Waals surface area contributed by atoms with Gasteiger partial charge in [0, 0.05) is 31.0 Å². The highest BCUT2D eigenvalue weighted by atomic mass is 32.2. The maximum absolute atomic E-state index is 12.7. The lowest BCUT2D eigenvalue weighted by Crippen LogP contribution is -2.32. The molecule has 120 valence electrons. The molecule has 0 aromatic heterocycles. The third kappa shape index (κ3) is 4.24. The van der Waals surface area contributed by atoms with Crippen molar-refractivity contribution >= 4 is 23.6 Å². The van der Waals surface area contributed by atoms with Crippen LogP contribution in [0, 0.1) is 5.92 Å². The molecule has 1 aliphatic rings. The highest BCUT2D eigenvalue weighted by molar-refractivity contribution is 8.00. The third-order valence-corrected chi connectivity index (χ3v) is 4.92. The topological polar surface area (TPSA) is 72.6 Å². The van der Waals surface area contributed by atoms with Crippen molar-refractivity contribution in [2.75, 3.05) is 26.8 Å². The maximum Gasteiger partial charge on any atom is 0.254 e. The van der Waals surface area contributed by atoms with Crippen LogP contribution < -0.4 is 5.73 Å². The summed E-state index contributed by atoms with van der Waals surface area (Å²) in [5, 5.41) is -0.373. The summed E-state index contributed by atoms with van der Waals surface area (Å²) < 4.78 is 5.35. The van der Waals surface area contributed by atoms with Crippen LogP contribution in [0.15, 0.2) is 29.2 Å². The van der Waals surface area contributed by atoms with Gasteiger partial charge in [-0.25, -0.2) is 0 Å². The number of benzene rings is 1. The van der Waals surface area contributed by atoms with Crippen molar-refractivity contribution in [1.82, 2.24) is 4.90 Å². The molecule has 0 spiro atoms. The highest BCUT2D eigenvalue weighted by Crippen LogP contribution is 2.27. The van der Waals surface area contributed by atoms with E-state index in [2.05, 4.69) is 0 Å². The lowest BCUT2D eigenvalue weighted by atomic mass is 10.1. The average molecular weight is 322 g/mol. The molecule has 1 aromatic rings. The summed E-state index contributed by atoms with van der Waals surface area (Å²) in [6, 6.07) is 7.33. The number of carbonyl (C=O) groups excluding carboxylic acids is 2. The van der Waals surface area contributed by atoms with E-state index < -0.39 is 0 Å². The first kappa shape index (κ1) is 16.8. The maximum atomic E-state index is 12.7. The molecule has 2 N–H and O–H groups in total. The van der Waals surface area contributed by atoms with Crippen molar-refractivity contribution in [3.8, 4) is 0 Å². The molecule has 1 fully saturated rings. The van der Waals surface area contributed by atoms with Crippen molar-refractivity contribution < 1.29 is 14.3 Å². The second-order valence-corrected chi connectivity index (χ2v) is 6.96. The number of hydrogen-bond acceptors (Lipinski definition) is 4. The van der Waals surface area contributed by atoms with E-state index in [-0.39, 0.29) is 17.1 Å². The molecule has 22 heavy (non-hydrogen) atoms. The molecule has 0 aliphatic carbocycles. The SMILES string of the molecule is CC(Sc1ccccc1C(=O)N(C)CC1CCOC1)C(N)=O. The minimum absolute atomic E-state index is 0.0355. The van der Waals surface area contributed by atoms with Gasteiger partial charge < -0.3 is 15.4 Å². The molecule has 1 aromatic carbocycles.